The molecule has 1 amide bonds. The highest BCUT2D eigenvalue weighted by molar-refractivity contribution is 14.1. The maximum absolute atomic E-state index is 12.3. The maximum Gasteiger partial charge on any atom is 0.337 e. The van der Waals surface area contributed by atoms with Gasteiger partial charge in [-0.3, -0.25) is 4.79 Å². The second-order valence-corrected chi connectivity index (χ2v) is 7.07. The largest absolute Gasteiger partial charge is 0.478 e. The minimum atomic E-state index is -1.10. The number of hydrogen-bond donors (Lipinski definition) is 2. The van der Waals surface area contributed by atoms with Crippen molar-refractivity contribution in [2.24, 2.45) is 0 Å². The lowest BCUT2D eigenvalue weighted by Crippen LogP contribution is -2.16. The van der Waals surface area contributed by atoms with Crippen LogP contribution in [0.15, 0.2) is 45.3 Å². The van der Waals surface area contributed by atoms with E-state index in [1.54, 1.807) is 24.3 Å². The van der Waals surface area contributed by atoms with Gasteiger partial charge in [0.2, 0.25) is 0 Å². The van der Waals surface area contributed by atoms with Crippen molar-refractivity contribution in [2.45, 2.75) is 0 Å². The van der Waals surface area contributed by atoms with E-state index in [-0.39, 0.29) is 17.2 Å². The lowest BCUT2D eigenvalue weighted by atomic mass is 10.1. The van der Waals surface area contributed by atoms with Gasteiger partial charge in [0.25, 0.3) is 5.91 Å². The van der Waals surface area contributed by atoms with Gasteiger partial charge < -0.3 is 10.4 Å². The molecule has 0 aromatic heterocycles. The Morgan fingerprint density at radius 1 is 1.00 bits per heavy atom. The first-order valence-corrected chi connectivity index (χ1v) is 8.34. The zero-order valence-electron chi connectivity index (χ0n) is 10.4. The Morgan fingerprint density at radius 3 is 2.19 bits per heavy atom. The quantitative estimate of drug-likeness (QED) is 0.569. The van der Waals surface area contributed by atoms with E-state index in [4.69, 9.17) is 0 Å². The monoisotopic (exact) mass is 523 g/mol. The Balaban J connectivity index is 2.36. The first-order valence-electron chi connectivity index (χ1n) is 5.67. The summed E-state index contributed by atoms with van der Waals surface area (Å²) in [4.78, 5) is 23.5. The number of amides is 1. The first kappa shape index (κ1) is 16.4. The fourth-order valence-electron chi connectivity index (χ4n) is 1.66. The summed E-state index contributed by atoms with van der Waals surface area (Å²) in [7, 11) is 0. The predicted octanol–water partition coefficient (Wildman–Crippen LogP) is 4.77. The molecule has 0 saturated heterocycles. The molecule has 0 fully saturated rings. The molecular weight excluding hydrogens is 517 g/mol. The number of nitrogens with one attached hydrogen (secondary N) is 1. The Labute approximate surface area is 151 Å². The highest BCUT2D eigenvalue weighted by Gasteiger charge is 2.16. The summed E-state index contributed by atoms with van der Waals surface area (Å²) < 4.78 is 2.19. The van der Waals surface area contributed by atoms with E-state index in [2.05, 4.69) is 59.8 Å². The minimum Gasteiger partial charge on any atom is -0.478 e. The highest BCUT2D eigenvalue weighted by atomic mass is 127. The van der Waals surface area contributed by atoms with Gasteiger partial charge in [0.1, 0.15) is 0 Å². The molecule has 2 rings (SSSR count). The van der Waals surface area contributed by atoms with Crippen molar-refractivity contribution < 1.29 is 14.7 Å². The van der Waals surface area contributed by atoms with Gasteiger partial charge in [-0.05, 0) is 59.0 Å². The van der Waals surface area contributed by atoms with Crippen molar-refractivity contribution in [3.05, 3.63) is 60.0 Å². The standard InChI is InChI=1S/C14H8Br2INO3/c15-7-1-3-11(17)9(5-7)13(19)18-12-4-2-8(16)6-10(12)14(20)21/h1-6H,(H,18,19)(H,20,21). The summed E-state index contributed by atoms with van der Waals surface area (Å²) in [6.07, 6.45) is 0. The molecule has 0 saturated carbocycles. The van der Waals surface area contributed by atoms with Gasteiger partial charge in [0, 0.05) is 12.5 Å². The zero-order valence-corrected chi connectivity index (χ0v) is 15.7. The lowest BCUT2D eigenvalue weighted by Gasteiger charge is -2.10. The zero-order chi connectivity index (χ0) is 15.6. The first-order chi connectivity index (χ1) is 9.88. The van der Waals surface area contributed by atoms with Crippen molar-refractivity contribution in [2.75, 3.05) is 5.32 Å². The number of halogens is 3. The summed E-state index contributed by atoms with van der Waals surface area (Å²) in [5.41, 5.74) is 0.762. The number of rotatable bonds is 3. The molecule has 7 heteroatoms. The number of benzene rings is 2. The number of aromatic carboxylic acids is 1. The topological polar surface area (TPSA) is 66.4 Å². The molecule has 108 valence electrons. The van der Waals surface area contributed by atoms with Gasteiger partial charge in [-0.2, -0.15) is 0 Å². The van der Waals surface area contributed by atoms with Crippen molar-refractivity contribution in [1.82, 2.24) is 0 Å². The van der Waals surface area contributed by atoms with E-state index in [0.717, 1.165) is 8.04 Å². The Kier molecular flexibility index (Phi) is 5.39. The van der Waals surface area contributed by atoms with Crippen LogP contribution in [0.2, 0.25) is 0 Å². The van der Waals surface area contributed by atoms with Gasteiger partial charge in [-0.15, -0.1) is 0 Å². The molecule has 0 aliphatic carbocycles. The Hall–Kier alpha value is -0.930. The second-order valence-electron chi connectivity index (χ2n) is 4.07. The van der Waals surface area contributed by atoms with Crippen molar-refractivity contribution in [3.8, 4) is 0 Å². The summed E-state index contributed by atoms with van der Waals surface area (Å²) >= 11 is 8.58. The summed E-state index contributed by atoms with van der Waals surface area (Å²) in [5, 5.41) is 11.8. The summed E-state index contributed by atoms with van der Waals surface area (Å²) in [5.74, 6) is -1.46. The molecule has 0 unspecified atom stereocenters. The minimum absolute atomic E-state index is 0.0303. The van der Waals surface area contributed by atoms with Crippen LogP contribution in [0.5, 0.6) is 0 Å². The van der Waals surface area contributed by atoms with Gasteiger partial charge in [-0.1, -0.05) is 31.9 Å². The van der Waals surface area contributed by atoms with Crippen molar-refractivity contribution >= 4 is 72.0 Å². The van der Waals surface area contributed by atoms with Crippen molar-refractivity contribution in [3.63, 3.8) is 0 Å². The van der Waals surface area contributed by atoms with Crippen LogP contribution in [0.25, 0.3) is 0 Å². The molecular formula is C14H8Br2INO3. The molecule has 0 heterocycles. The normalized spacial score (nSPS) is 10.2. The SMILES string of the molecule is O=C(Nc1ccc(Br)cc1C(=O)O)c1cc(Br)ccc1I. The van der Waals surface area contributed by atoms with E-state index >= 15 is 0 Å². The molecule has 2 aromatic rings. The number of carbonyl (C=O) groups is 2. The van der Waals surface area contributed by atoms with Crippen LogP contribution >= 0.6 is 54.5 Å². The Bertz CT molecular complexity index is 734. The van der Waals surface area contributed by atoms with Gasteiger partial charge in [0.05, 0.1) is 16.8 Å². The number of carboxylic acid groups (broad SMARTS) is 1. The van der Waals surface area contributed by atoms with Gasteiger partial charge >= 0.3 is 5.97 Å². The molecule has 0 atom stereocenters. The molecule has 2 N–H and O–H groups in total. The molecule has 21 heavy (non-hydrogen) atoms. The third-order valence-electron chi connectivity index (χ3n) is 2.63. The number of carbonyl (C=O) groups excluding carboxylic acids is 1. The van der Waals surface area contributed by atoms with Crippen LogP contribution in [-0.4, -0.2) is 17.0 Å². The number of hydrogen-bond acceptors (Lipinski definition) is 2. The smallest absolute Gasteiger partial charge is 0.337 e. The average molecular weight is 525 g/mol. The number of anilines is 1. The fraction of sp³-hybridized carbons (Fsp3) is 0. The maximum atomic E-state index is 12.3. The summed E-state index contributed by atoms with van der Waals surface area (Å²) in [6, 6.07) is 10.0. The van der Waals surface area contributed by atoms with Crippen LogP contribution in [-0.2, 0) is 0 Å². The second kappa shape index (κ2) is 6.89. The molecule has 4 nitrogen and oxygen atoms in total. The van der Waals surface area contributed by atoms with E-state index in [0.29, 0.717) is 10.0 Å². The van der Waals surface area contributed by atoms with Crippen molar-refractivity contribution in [1.29, 1.82) is 0 Å². The lowest BCUT2D eigenvalue weighted by molar-refractivity contribution is 0.0698. The van der Waals surface area contributed by atoms with Crippen LogP contribution in [0.3, 0.4) is 0 Å². The van der Waals surface area contributed by atoms with E-state index in [1.165, 1.54) is 6.07 Å². The molecule has 0 spiro atoms. The molecule has 0 radical (unpaired) electrons. The van der Waals surface area contributed by atoms with E-state index < -0.39 is 5.97 Å². The third-order valence-corrected chi connectivity index (χ3v) is 4.56. The molecule has 2 aromatic carbocycles. The van der Waals surface area contributed by atoms with E-state index in [9.17, 15) is 14.7 Å². The van der Waals surface area contributed by atoms with E-state index in [1.807, 2.05) is 6.07 Å². The molecule has 0 aliphatic rings. The van der Waals surface area contributed by atoms with Crippen LogP contribution in [0.1, 0.15) is 20.7 Å². The average Bonchev–Trinajstić information content (AvgIpc) is 2.43. The number of carboxylic acids is 1. The molecule has 0 aliphatic heterocycles. The predicted molar refractivity (Wildman–Crippen MR) is 95.9 cm³/mol. The molecule has 0 bridgehead atoms. The fourth-order valence-corrected chi connectivity index (χ4v) is 2.97. The highest BCUT2D eigenvalue weighted by Crippen LogP contribution is 2.24. The van der Waals surface area contributed by atoms with Crippen LogP contribution in [0, 0.1) is 3.57 Å². The third kappa shape index (κ3) is 4.04. The van der Waals surface area contributed by atoms with Gasteiger partial charge in [-0.25, -0.2) is 4.79 Å². The van der Waals surface area contributed by atoms with Crippen LogP contribution < -0.4 is 5.32 Å². The van der Waals surface area contributed by atoms with Gasteiger partial charge in [0.15, 0.2) is 0 Å². The Morgan fingerprint density at radius 2 is 1.57 bits per heavy atom. The van der Waals surface area contributed by atoms with Crippen LogP contribution in [0.4, 0.5) is 5.69 Å². The summed E-state index contributed by atoms with van der Waals surface area (Å²) in [6.45, 7) is 0.